The molecule has 2 aromatic carbocycles. The van der Waals surface area contributed by atoms with Crippen molar-refractivity contribution in [2.45, 2.75) is 20.5 Å². The van der Waals surface area contributed by atoms with Gasteiger partial charge >= 0.3 is 5.97 Å². The molecule has 5 nitrogen and oxygen atoms in total. The number of amides is 1. The number of rotatable bonds is 8. The fourth-order valence-electron chi connectivity index (χ4n) is 2.08. The molecule has 0 bridgehead atoms. The summed E-state index contributed by atoms with van der Waals surface area (Å²) in [5, 5.41) is 2.68. The van der Waals surface area contributed by atoms with Gasteiger partial charge in [-0.25, -0.2) is 9.18 Å². The van der Waals surface area contributed by atoms with Crippen LogP contribution in [0.1, 0.15) is 29.8 Å². The van der Waals surface area contributed by atoms with E-state index in [4.69, 9.17) is 9.47 Å². The summed E-state index contributed by atoms with van der Waals surface area (Å²) in [7, 11) is 0. The normalized spacial score (nSPS) is 10.5. The smallest absolute Gasteiger partial charge is 0.342 e. The molecule has 0 radical (unpaired) electrons. The second kappa shape index (κ2) is 9.56. The first-order valence-corrected chi connectivity index (χ1v) is 8.36. The SMILES string of the molecule is CC(C)CNC(=O)COC(=O)c1ccccc1OCc1ccc(F)cc1. The van der Waals surface area contributed by atoms with Gasteiger partial charge in [-0.05, 0) is 35.7 Å². The number of carbonyl (C=O) groups excluding carboxylic acids is 2. The van der Waals surface area contributed by atoms with Crippen LogP contribution in [0, 0.1) is 11.7 Å². The second-order valence-corrected chi connectivity index (χ2v) is 6.19. The highest BCUT2D eigenvalue weighted by atomic mass is 19.1. The van der Waals surface area contributed by atoms with Crippen molar-refractivity contribution in [2.24, 2.45) is 5.92 Å². The Balaban J connectivity index is 1.93. The van der Waals surface area contributed by atoms with E-state index in [1.54, 1.807) is 36.4 Å². The number of esters is 1. The van der Waals surface area contributed by atoms with Crippen molar-refractivity contribution in [3.63, 3.8) is 0 Å². The Labute approximate surface area is 152 Å². The predicted octanol–water partition coefficient (Wildman–Crippen LogP) is 3.33. The largest absolute Gasteiger partial charge is 0.488 e. The Morgan fingerprint density at radius 3 is 2.46 bits per heavy atom. The van der Waals surface area contributed by atoms with E-state index in [0.29, 0.717) is 18.2 Å². The van der Waals surface area contributed by atoms with Gasteiger partial charge in [0.05, 0.1) is 0 Å². The summed E-state index contributed by atoms with van der Waals surface area (Å²) in [5.41, 5.74) is 0.994. The van der Waals surface area contributed by atoms with Crippen molar-refractivity contribution >= 4 is 11.9 Å². The highest BCUT2D eigenvalue weighted by molar-refractivity contribution is 5.93. The van der Waals surface area contributed by atoms with Crippen LogP contribution in [0.5, 0.6) is 5.75 Å². The van der Waals surface area contributed by atoms with Crippen molar-refractivity contribution in [1.29, 1.82) is 0 Å². The molecule has 0 spiro atoms. The zero-order valence-corrected chi connectivity index (χ0v) is 14.8. The number of halogens is 1. The van der Waals surface area contributed by atoms with E-state index < -0.39 is 5.97 Å². The van der Waals surface area contributed by atoms with Crippen LogP contribution in [0.2, 0.25) is 0 Å². The minimum atomic E-state index is -0.639. The summed E-state index contributed by atoms with van der Waals surface area (Å²) in [6.07, 6.45) is 0. The number of benzene rings is 2. The van der Waals surface area contributed by atoms with Crippen LogP contribution in [0.4, 0.5) is 4.39 Å². The first-order chi connectivity index (χ1) is 12.5. The molecule has 0 aromatic heterocycles. The molecular weight excluding hydrogens is 337 g/mol. The van der Waals surface area contributed by atoms with Crippen LogP contribution >= 0.6 is 0 Å². The third-order valence-corrected chi connectivity index (χ3v) is 3.46. The Morgan fingerprint density at radius 1 is 1.08 bits per heavy atom. The molecule has 1 amide bonds. The maximum atomic E-state index is 12.9. The highest BCUT2D eigenvalue weighted by Crippen LogP contribution is 2.20. The van der Waals surface area contributed by atoms with Crippen molar-refractivity contribution in [1.82, 2.24) is 5.32 Å². The summed E-state index contributed by atoms with van der Waals surface area (Å²) in [4.78, 5) is 23.9. The van der Waals surface area contributed by atoms with Crippen LogP contribution in [-0.4, -0.2) is 25.0 Å². The summed E-state index contributed by atoms with van der Waals surface area (Å²) >= 11 is 0. The van der Waals surface area contributed by atoms with Gasteiger partial charge in [0.15, 0.2) is 6.61 Å². The molecule has 0 heterocycles. The van der Waals surface area contributed by atoms with E-state index in [0.717, 1.165) is 5.56 Å². The predicted molar refractivity (Wildman–Crippen MR) is 95.3 cm³/mol. The number of hydrogen-bond donors (Lipinski definition) is 1. The summed E-state index contributed by atoms with van der Waals surface area (Å²) in [6.45, 7) is 4.30. The summed E-state index contributed by atoms with van der Waals surface area (Å²) in [6, 6.07) is 12.5. The Kier molecular flexibility index (Phi) is 7.14. The lowest BCUT2D eigenvalue weighted by Crippen LogP contribution is -2.31. The monoisotopic (exact) mass is 359 g/mol. The molecule has 0 aliphatic heterocycles. The van der Waals surface area contributed by atoms with Crippen LogP contribution < -0.4 is 10.1 Å². The number of hydrogen-bond acceptors (Lipinski definition) is 4. The van der Waals surface area contributed by atoms with Crippen molar-refractivity contribution in [2.75, 3.05) is 13.2 Å². The molecule has 0 aliphatic carbocycles. The number of carbonyl (C=O) groups is 2. The molecule has 0 aliphatic rings. The minimum absolute atomic E-state index is 0.180. The molecule has 0 saturated carbocycles. The Morgan fingerprint density at radius 2 is 1.77 bits per heavy atom. The van der Waals surface area contributed by atoms with Crippen LogP contribution in [0.15, 0.2) is 48.5 Å². The number of ether oxygens (including phenoxy) is 2. The molecule has 0 saturated heterocycles. The van der Waals surface area contributed by atoms with Crippen LogP contribution in [-0.2, 0) is 16.1 Å². The van der Waals surface area contributed by atoms with Crippen molar-refractivity contribution < 1.29 is 23.5 Å². The third-order valence-electron chi connectivity index (χ3n) is 3.46. The molecule has 138 valence electrons. The maximum absolute atomic E-state index is 12.9. The van der Waals surface area contributed by atoms with Gasteiger partial charge in [-0.1, -0.05) is 38.1 Å². The zero-order chi connectivity index (χ0) is 18.9. The van der Waals surface area contributed by atoms with Gasteiger partial charge in [-0.3, -0.25) is 4.79 Å². The molecule has 6 heteroatoms. The lowest BCUT2D eigenvalue weighted by atomic mass is 10.2. The Bertz CT molecular complexity index is 744. The fraction of sp³-hybridized carbons (Fsp3) is 0.300. The van der Waals surface area contributed by atoms with Crippen LogP contribution in [0.25, 0.3) is 0 Å². The van der Waals surface area contributed by atoms with Crippen molar-refractivity contribution in [3.05, 3.63) is 65.5 Å². The van der Waals surface area contributed by atoms with Gasteiger partial charge < -0.3 is 14.8 Å². The average molecular weight is 359 g/mol. The minimum Gasteiger partial charge on any atom is -0.488 e. The fourth-order valence-corrected chi connectivity index (χ4v) is 2.08. The molecule has 0 atom stereocenters. The van der Waals surface area contributed by atoms with Crippen molar-refractivity contribution in [3.8, 4) is 5.75 Å². The molecular formula is C20H22FNO4. The molecule has 0 unspecified atom stereocenters. The van der Waals surface area contributed by atoms with Gasteiger partial charge in [0.25, 0.3) is 5.91 Å². The topological polar surface area (TPSA) is 64.6 Å². The molecule has 1 N–H and O–H groups in total. The lowest BCUT2D eigenvalue weighted by Gasteiger charge is -2.12. The standard InChI is InChI=1S/C20H22FNO4/c1-14(2)11-22-19(23)13-26-20(24)17-5-3-4-6-18(17)25-12-15-7-9-16(21)10-8-15/h3-10,14H,11-13H2,1-2H3,(H,22,23). The second-order valence-electron chi connectivity index (χ2n) is 6.19. The first-order valence-electron chi connectivity index (χ1n) is 8.36. The van der Waals surface area contributed by atoms with Gasteiger partial charge in [-0.2, -0.15) is 0 Å². The molecule has 26 heavy (non-hydrogen) atoms. The van der Waals surface area contributed by atoms with Gasteiger partial charge in [0, 0.05) is 6.54 Å². The number of nitrogens with one attached hydrogen (secondary N) is 1. The maximum Gasteiger partial charge on any atom is 0.342 e. The molecule has 2 aromatic rings. The third kappa shape index (κ3) is 6.20. The zero-order valence-electron chi connectivity index (χ0n) is 14.8. The van der Waals surface area contributed by atoms with Gasteiger partial charge in [-0.15, -0.1) is 0 Å². The van der Waals surface area contributed by atoms with E-state index in [-0.39, 0.29) is 30.5 Å². The van der Waals surface area contributed by atoms with E-state index in [2.05, 4.69) is 5.32 Å². The van der Waals surface area contributed by atoms with E-state index >= 15 is 0 Å². The van der Waals surface area contributed by atoms with Crippen LogP contribution in [0.3, 0.4) is 0 Å². The molecule has 2 rings (SSSR count). The number of para-hydroxylation sites is 1. The van der Waals surface area contributed by atoms with E-state index in [1.165, 1.54) is 12.1 Å². The highest BCUT2D eigenvalue weighted by Gasteiger charge is 2.15. The van der Waals surface area contributed by atoms with Gasteiger partial charge in [0.1, 0.15) is 23.7 Å². The molecule has 0 fully saturated rings. The summed E-state index contributed by atoms with van der Waals surface area (Å²) < 4.78 is 23.6. The van der Waals surface area contributed by atoms with Gasteiger partial charge in [0.2, 0.25) is 0 Å². The lowest BCUT2D eigenvalue weighted by molar-refractivity contribution is -0.124. The van der Waals surface area contributed by atoms with E-state index in [1.807, 2.05) is 13.8 Å². The Hall–Kier alpha value is -2.89. The average Bonchev–Trinajstić information content (AvgIpc) is 2.64. The first kappa shape index (κ1) is 19.4. The summed E-state index contributed by atoms with van der Waals surface area (Å²) in [5.74, 6) is -0.663. The quantitative estimate of drug-likeness (QED) is 0.734. The van der Waals surface area contributed by atoms with E-state index in [9.17, 15) is 14.0 Å².